The fourth-order valence-corrected chi connectivity index (χ4v) is 3.13. The highest BCUT2D eigenvalue weighted by Crippen LogP contribution is 2.36. The van der Waals surface area contributed by atoms with Crippen LogP contribution in [0.15, 0.2) is 54.1 Å². The molecular formula is C22H24N2O5. The van der Waals surface area contributed by atoms with Crippen molar-refractivity contribution in [2.75, 3.05) is 6.61 Å². The van der Waals surface area contributed by atoms with E-state index < -0.39 is 18.0 Å². The van der Waals surface area contributed by atoms with Gasteiger partial charge in [0.25, 0.3) is 0 Å². The number of carbonyl (C=O) groups is 2. The minimum atomic E-state index is -0.773. The van der Waals surface area contributed by atoms with Crippen LogP contribution in [0.4, 0.5) is 4.79 Å². The molecule has 1 atom stereocenters. The first-order valence-corrected chi connectivity index (χ1v) is 9.44. The Morgan fingerprint density at radius 1 is 1.17 bits per heavy atom. The van der Waals surface area contributed by atoms with Crippen molar-refractivity contribution in [3.8, 4) is 11.5 Å². The maximum Gasteiger partial charge on any atom is 0.338 e. The molecule has 1 aliphatic heterocycles. The molecular weight excluding hydrogens is 372 g/mol. The zero-order valence-electron chi connectivity index (χ0n) is 16.6. The summed E-state index contributed by atoms with van der Waals surface area (Å²) in [6, 6.07) is 12.6. The first-order valence-electron chi connectivity index (χ1n) is 9.44. The van der Waals surface area contributed by atoms with Crippen molar-refractivity contribution < 1.29 is 24.2 Å². The molecule has 3 rings (SSSR count). The van der Waals surface area contributed by atoms with Crippen LogP contribution in [-0.4, -0.2) is 29.8 Å². The van der Waals surface area contributed by atoms with Crippen LogP contribution in [0.25, 0.3) is 5.70 Å². The Kier molecular flexibility index (Phi) is 6.07. The van der Waals surface area contributed by atoms with E-state index in [0.717, 1.165) is 0 Å². The first-order chi connectivity index (χ1) is 13.9. The van der Waals surface area contributed by atoms with Crippen molar-refractivity contribution in [3.63, 3.8) is 0 Å². The van der Waals surface area contributed by atoms with E-state index in [1.165, 1.54) is 6.07 Å². The Balaban J connectivity index is 2.16. The minimum Gasteiger partial charge on any atom is -0.504 e. The van der Waals surface area contributed by atoms with E-state index in [-0.39, 0.29) is 23.2 Å². The van der Waals surface area contributed by atoms with Gasteiger partial charge in [0.2, 0.25) is 0 Å². The molecule has 3 N–H and O–H groups in total. The lowest BCUT2D eigenvalue weighted by atomic mass is 9.92. The van der Waals surface area contributed by atoms with Gasteiger partial charge >= 0.3 is 12.0 Å². The number of nitrogens with one attached hydrogen (secondary N) is 2. The van der Waals surface area contributed by atoms with Gasteiger partial charge in [0.05, 0.1) is 30.0 Å². The number of hydrogen-bond acceptors (Lipinski definition) is 5. The summed E-state index contributed by atoms with van der Waals surface area (Å²) in [5, 5.41) is 15.5. The van der Waals surface area contributed by atoms with Gasteiger partial charge in [-0.05, 0) is 44.0 Å². The number of benzene rings is 2. The number of carbonyl (C=O) groups excluding carboxylic acids is 2. The Morgan fingerprint density at radius 3 is 2.55 bits per heavy atom. The molecule has 0 bridgehead atoms. The van der Waals surface area contributed by atoms with Gasteiger partial charge in [0.15, 0.2) is 11.5 Å². The third kappa shape index (κ3) is 4.51. The average Bonchev–Trinajstić information content (AvgIpc) is 2.69. The van der Waals surface area contributed by atoms with Crippen LogP contribution >= 0.6 is 0 Å². The molecule has 2 amide bonds. The summed E-state index contributed by atoms with van der Waals surface area (Å²) in [7, 11) is 0. The molecule has 1 unspecified atom stereocenters. The standard InChI is InChI=1S/C22H24N2O5/c1-4-28-17-12-15(10-11-16(17)25)20-18(21(26)29-13(2)3)19(23-22(27)24-20)14-8-6-5-7-9-14/h5-13,20,25H,4H2,1-3H3,(H2,23,24,27). The summed E-state index contributed by atoms with van der Waals surface area (Å²) in [6.07, 6.45) is -0.330. The molecule has 1 aliphatic rings. The zero-order valence-corrected chi connectivity index (χ0v) is 16.6. The molecule has 0 aromatic heterocycles. The lowest BCUT2D eigenvalue weighted by Crippen LogP contribution is -2.45. The van der Waals surface area contributed by atoms with Crippen molar-refractivity contribution >= 4 is 17.7 Å². The number of amides is 2. The SMILES string of the molecule is CCOc1cc(C2NC(=O)NC(c3ccccc3)=C2C(=O)OC(C)C)ccc1O. The Labute approximate surface area is 169 Å². The first kappa shape index (κ1) is 20.3. The highest BCUT2D eigenvalue weighted by molar-refractivity contribution is 6.04. The minimum absolute atomic E-state index is 0.0190. The molecule has 7 nitrogen and oxygen atoms in total. The molecule has 0 spiro atoms. The highest BCUT2D eigenvalue weighted by Gasteiger charge is 2.35. The van der Waals surface area contributed by atoms with Gasteiger partial charge in [0, 0.05) is 0 Å². The van der Waals surface area contributed by atoms with Crippen LogP contribution in [0.3, 0.4) is 0 Å². The van der Waals surface area contributed by atoms with E-state index in [9.17, 15) is 14.7 Å². The van der Waals surface area contributed by atoms with E-state index in [1.807, 2.05) is 30.3 Å². The molecule has 2 aromatic carbocycles. The van der Waals surface area contributed by atoms with Gasteiger partial charge in [-0.15, -0.1) is 0 Å². The molecule has 0 radical (unpaired) electrons. The highest BCUT2D eigenvalue weighted by atomic mass is 16.5. The van der Waals surface area contributed by atoms with E-state index in [4.69, 9.17) is 9.47 Å². The molecule has 0 fully saturated rings. The topological polar surface area (TPSA) is 96.9 Å². The predicted molar refractivity (Wildman–Crippen MR) is 108 cm³/mol. The fraction of sp³-hybridized carbons (Fsp3) is 0.273. The number of ether oxygens (including phenoxy) is 2. The third-order valence-electron chi connectivity index (χ3n) is 4.31. The quantitative estimate of drug-likeness (QED) is 0.650. The van der Waals surface area contributed by atoms with E-state index >= 15 is 0 Å². The van der Waals surface area contributed by atoms with Crippen molar-refractivity contribution in [2.24, 2.45) is 0 Å². The second-order valence-electron chi connectivity index (χ2n) is 6.80. The summed E-state index contributed by atoms with van der Waals surface area (Å²) < 4.78 is 10.9. The van der Waals surface area contributed by atoms with E-state index in [2.05, 4.69) is 10.6 Å². The maximum absolute atomic E-state index is 13.0. The number of urea groups is 1. The second kappa shape index (κ2) is 8.68. The van der Waals surface area contributed by atoms with Crippen LogP contribution in [-0.2, 0) is 9.53 Å². The Morgan fingerprint density at radius 2 is 1.90 bits per heavy atom. The average molecular weight is 396 g/mol. The van der Waals surface area contributed by atoms with Crippen molar-refractivity contribution in [2.45, 2.75) is 32.9 Å². The Hall–Kier alpha value is -3.48. The number of phenolic OH excluding ortho intramolecular Hbond substituents is 1. The molecule has 0 aliphatic carbocycles. The van der Waals surface area contributed by atoms with Crippen LogP contribution < -0.4 is 15.4 Å². The van der Waals surface area contributed by atoms with Crippen LogP contribution in [0, 0.1) is 0 Å². The number of esters is 1. The number of hydrogen-bond donors (Lipinski definition) is 3. The summed E-state index contributed by atoms with van der Waals surface area (Å²) in [4.78, 5) is 25.4. The number of rotatable bonds is 6. The van der Waals surface area contributed by atoms with Crippen LogP contribution in [0.1, 0.15) is 37.9 Å². The lowest BCUT2D eigenvalue weighted by Gasteiger charge is -2.30. The normalized spacial score (nSPS) is 16.3. The van der Waals surface area contributed by atoms with Crippen molar-refractivity contribution in [1.29, 1.82) is 0 Å². The zero-order chi connectivity index (χ0) is 21.0. The van der Waals surface area contributed by atoms with Crippen LogP contribution in [0.2, 0.25) is 0 Å². The molecule has 1 heterocycles. The Bertz CT molecular complexity index is 937. The molecule has 0 saturated heterocycles. The van der Waals surface area contributed by atoms with E-state index in [1.54, 1.807) is 32.9 Å². The van der Waals surface area contributed by atoms with Gasteiger partial charge in [-0.1, -0.05) is 36.4 Å². The molecule has 29 heavy (non-hydrogen) atoms. The smallest absolute Gasteiger partial charge is 0.338 e. The molecule has 2 aromatic rings. The largest absolute Gasteiger partial charge is 0.504 e. The lowest BCUT2D eigenvalue weighted by molar-refractivity contribution is -0.143. The van der Waals surface area contributed by atoms with Crippen LogP contribution in [0.5, 0.6) is 11.5 Å². The van der Waals surface area contributed by atoms with Gasteiger partial charge < -0.3 is 25.2 Å². The van der Waals surface area contributed by atoms with E-state index in [0.29, 0.717) is 23.4 Å². The summed E-state index contributed by atoms with van der Waals surface area (Å²) in [5.41, 5.74) is 1.94. The van der Waals surface area contributed by atoms with Gasteiger partial charge in [-0.25, -0.2) is 9.59 Å². The summed E-state index contributed by atoms with van der Waals surface area (Å²) >= 11 is 0. The summed E-state index contributed by atoms with van der Waals surface area (Å²) in [5.74, 6) is -0.285. The van der Waals surface area contributed by atoms with Crippen molar-refractivity contribution in [1.82, 2.24) is 10.6 Å². The second-order valence-corrected chi connectivity index (χ2v) is 6.80. The monoisotopic (exact) mass is 396 g/mol. The van der Waals surface area contributed by atoms with Crippen molar-refractivity contribution in [3.05, 3.63) is 65.2 Å². The summed E-state index contributed by atoms with van der Waals surface area (Å²) in [6.45, 7) is 5.69. The fourth-order valence-electron chi connectivity index (χ4n) is 3.13. The maximum atomic E-state index is 13.0. The molecule has 152 valence electrons. The third-order valence-corrected chi connectivity index (χ3v) is 4.31. The predicted octanol–water partition coefficient (Wildman–Crippen LogP) is 3.51. The molecule has 0 saturated carbocycles. The van der Waals surface area contributed by atoms with Gasteiger partial charge in [0.1, 0.15) is 0 Å². The number of aromatic hydroxyl groups is 1. The molecule has 7 heteroatoms. The van der Waals surface area contributed by atoms with Gasteiger partial charge in [-0.3, -0.25) is 0 Å². The number of phenols is 1. The van der Waals surface area contributed by atoms with Gasteiger partial charge in [-0.2, -0.15) is 0 Å².